The van der Waals surface area contributed by atoms with Crippen LogP contribution in [0.2, 0.25) is 0 Å². The first-order valence-electron chi connectivity index (χ1n) is 8.51. The second-order valence-electron chi connectivity index (χ2n) is 8.16. The van der Waals surface area contributed by atoms with Crippen LogP contribution in [0, 0.1) is 11.3 Å². The maximum Gasteiger partial charge on any atom is 0.407 e. The molecule has 1 aliphatic rings. The van der Waals surface area contributed by atoms with Crippen molar-refractivity contribution in [2.45, 2.75) is 71.9 Å². The predicted molar refractivity (Wildman–Crippen MR) is 91.0 cm³/mol. The fraction of sp³-hybridized carbons (Fsp3) is 0.882. The largest absolute Gasteiger partial charge is 0.444 e. The van der Waals surface area contributed by atoms with Crippen LogP contribution in [0.5, 0.6) is 0 Å². The van der Waals surface area contributed by atoms with Gasteiger partial charge in [0.25, 0.3) is 0 Å². The number of hydrogen-bond acceptors (Lipinski definition) is 4. The Hall–Kier alpha value is -1.30. The number of carbonyl (C=O) groups is 2. The average molecular weight is 327 g/mol. The van der Waals surface area contributed by atoms with E-state index < -0.39 is 11.0 Å². The molecule has 1 rings (SSSR count). The Morgan fingerprint density at radius 3 is 2.30 bits per heavy atom. The van der Waals surface area contributed by atoms with Gasteiger partial charge < -0.3 is 21.1 Å². The topological polar surface area (TPSA) is 93.4 Å². The van der Waals surface area contributed by atoms with Gasteiger partial charge in [0.05, 0.1) is 5.41 Å². The Morgan fingerprint density at radius 1 is 1.13 bits per heavy atom. The van der Waals surface area contributed by atoms with Crippen LogP contribution in [-0.4, -0.2) is 36.7 Å². The monoisotopic (exact) mass is 327 g/mol. The van der Waals surface area contributed by atoms with Crippen molar-refractivity contribution in [2.75, 3.05) is 13.1 Å². The predicted octanol–water partition coefficient (Wildman–Crippen LogP) is 2.17. The summed E-state index contributed by atoms with van der Waals surface area (Å²) < 4.78 is 5.28. The summed E-state index contributed by atoms with van der Waals surface area (Å²) in [5.74, 6) is 0.0455. The lowest BCUT2D eigenvalue weighted by Gasteiger charge is -2.34. The highest BCUT2D eigenvalue weighted by Crippen LogP contribution is 2.25. The molecule has 0 heterocycles. The number of primary amides is 1. The number of rotatable bonds is 6. The molecule has 0 bridgehead atoms. The van der Waals surface area contributed by atoms with E-state index in [4.69, 9.17) is 10.5 Å². The third-order valence-electron chi connectivity index (χ3n) is 4.29. The Labute approximate surface area is 139 Å². The van der Waals surface area contributed by atoms with E-state index in [1.54, 1.807) is 0 Å². The molecule has 1 saturated carbocycles. The third-order valence-corrected chi connectivity index (χ3v) is 4.29. The highest BCUT2D eigenvalue weighted by atomic mass is 16.6. The van der Waals surface area contributed by atoms with Crippen LogP contribution < -0.4 is 16.4 Å². The zero-order valence-corrected chi connectivity index (χ0v) is 15.2. The second-order valence-corrected chi connectivity index (χ2v) is 8.16. The second kappa shape index (κ2) is 7.99. The number of alkyl carbamates (subject to hydrolysis) is 1. The van der Waals surface area contributed by atoms with Gasteiger partial charge in [0, 0.05) is 19.1 Å². The highest BCUT2D eigenvalue weighted by molar-refractivity contribution is 5.80. The van der Waals surface area contributed by atoms with Gasteiger partial charge in [-0.15, -0.1) is 0 Å². The molecule has 6 heteroatoms. The molecule has 1 fully saturated rings. The molecule has 0 aliphatic heterocycles. The summed E-state index contributed by atoms with van der Waals surface area (Å²) in [5.41, 5.74) is 4.37. The molecule has 2 amide bonds. The van der Waals surface area contributed by atoms with Crippen LogP contribution in [0.1, 0.15) is 60.3 Å². The molecule has 134 valence electrons. The molecule has 23 heavy (non-hydrogen) atoms. The number of carbonyl (C=O) groups excluding carboxylic acids is 2. The average Bonchev–Trinajstić information content (AvgIpc) is 2.41. The molecular weight excluding hydrogens is 294 g/mol. The number of amides is 2. The molecule has 0 aromatic carbocycles. The zero-order chi connectivity index (χ0) is 17.7. The summed E-state index contributed by atoms with van der Waals surface area (Å²) in [6, 6.07) is 0.289. The highest BCUT2D eigenvalue weighted by Gasteiger charge is 2.30. The molecule has 0 aromatic rings. The van der Waals surface area contributed by atoms with E-state index in [9.17, 15) is 9.59 Å². The van der Waals surface area contributed by atoms with Crippen molar-refractivity contribution < 1.29 is 14.3 Å². The van der Waals surface area contributed by atoms with E-state index in [2.05, 4.69) is 10.6 Å². The van der Waals surface area contributed by atoms with Gasteiger partial charge in [-0.25, -0.2) is 4.79 Å². The summed E-state index contributed by atoms with van der Waals surface area (Å²) >= 11 is 0. The van der Waals surface area contributed by atoms with Crippen molar-refractivity contribution in [1.82, 2.24) is 10.6 Å². The van der Waals surface area contributed by atoms with Gasteiger partial charge in [0.1, 0.15) is 5.60 Å². The van der Waals surface area contributed by atoms with Gasteiger partial charge in [-0.1, -0.05) is 12.8 Å². The fourth-order valence-corrected chi connectivity index (χ4v) is 2.72. The minimum absolute atomic E-state index is 0.289. The normalized spacial score (nSPS) is 22.5. The number of nitrogens with two attached hydrogens (primary N) is 1. The molecular formula is C17H33N3O3. The lowest BCUT2D eigenvalue weighted by atomic mass is 9.83. The van der Waals surface area contributed by atoms with Gasteiger partial charge in [-0.2, -0.15) is 0 Å². The van der Waals surface area contributed by atoms with Crippen molar-refractivity contribution in [2.24, 2.45) is 17.1 Å². The van der Waals surface area contributed by atoms with Gasteiger partial charge in [-0.05, 0) is 53.4 Å². The van der Waals surface area contributed by atoms with Crippen molar-refractivity contribution in [3.8, 4) is 0 Å². The maximum atomic E-state index is 11.8. The SMILES string of the molecule is CC(C)(C)OC(=O)NCC1CCCCC1NCC(C)(C)C(N)=O. The van der Waals surface area contributed by atoms with Crippen molar-refractivity contribution in [3.63, 3.8) is 0 Å². The van der Waals surface area contributed by atoms with Crippen LogP contribution in [0.15, 0.2) is 0 Å². The number of nitrogens with one attached hydrogen (secondary N) is 2. The van der Waals surface area contributed by atoms with Crippen LogP contribution in [0.3, 0.4) is 0 Å². The third kappa shape index (κ3) is 7.20. The molecule has 0 saturated heterocycles. The smallest absolute Gasteiger partial charge is 0.407 e. The standard InChI is InChI=1S/C17H33N3O3/c1-16(2,3)23-15(22)19-10-12-8-6-7-9-13(12)20-11-17(4,5)14(18)21/h12-13,20H,6-11H2,1-5H3,(H2,18,21)(H,19,22). The molecule has 6 nitrogen and oxygen atoms in total. The Morgan fingerprint density at radius 2 is 1.74 bits per heavy atom. The Balaban J connectivity index is 2.48. The van der Waals surface area contributed by atoms with Crippen LogP contribution in [0.4, 0.5) is 4.79 Å². The van der Waals surface area contributed by atoms with Crippen molar-refractivity contribution in [3.05, 3.63) is 0 Å². The number of hydrogen-bond donors (Lipinski definition) is 3. The quantitative estimate of drug-likeness (QED) is 0.697. The lowest BCUT2D eigenvalue weighted by molar-refractivity contribution is -0.125. The lowest BCUT2D eigenvalue weighted by Crippen LogP contribution is -2.49. The molecule has 0 aromatic heterocycles. The first-order chi connectivity index (χ1) is 10.5. The van der Waals surface area contributed by atoms with E-state index >= 15 is 0 Å². The molecule has 1 aliphatic carbocycles. The first kappa shape index (κ1) is 19.7. The van der Waals surface area contributed by atoms with Crippen molar-refractivity contribution >= 4 is 12.0 Å². The van der Waals surface area contributed by atoms with E-state index in [1.165, 1.54) is 0 Å². The van der Waals surface area contributed by atoms with E-state index in [0.29, 0.717) is 19.0 Å². The van der Waals surface area contributed by atoms with Crippen LogP contribution >= 0.6 is 0 Å². The molecule has 0 radical (unpaired) electrons. The maximum absolute atomic E-state index is 11.8. The minimum atomic E-state index is -0.569. The molecule has 0 spiro atoms. The summed E-state index contributed by atoms with van der Waals surface area (Å²) in [4.78, 5) is 23.2. The minimum Gasteiger partial charge on any atom is -0.444 e. The van der Waals surface area contributed by atoms with Crippen LogP contribution in [0.25, 0.3) is 0 Å². The Kier molecular flexibility index (Phi) is 6.86. The fourth-order valence-electron chi connectivity index (χ4n) is 2.72. The van der Waals surface area contributed by atoms with Gasteiger partial charge in [0.15, 0.2) is 0 Å². The van der Waals surface area contributed by atoms with E-state index in [1.807, 2.05) is 34.6 Å². The number of ether oxygens (including phenoxy) is 1. The summed E-state index contributed by atoms with van der Waals surface area (Å²) in [5, 5.41) is 6.34. The van der Waals surface area contributed by atoms with E-state index in [-0.39, 0.29) is 18.0 Å². The molecule has 4 N–H and O–H groups in total. The van der Waals surface area contributed by atoms with Gasteiger partial charge >= 0.3 is 6.09 Å². The van der Waals surface area contributed by atoms with Gasteiger partial charge in [-0.3, -0.25) is 4.79 Å². The summed E-state index contributed by atoms with van der Waals surface area (Å²) in [7, 11) is 0. The van der Waals surface area contributed by atoms with Gasteiger partial charge in [0.2, 0.25) is 5.91 Å². The summed E-state index contributed by atoms with van der Waals surface area (Å²) in [6.07, 6.45) is 4.06. The molecule has 2 atom stereocenters. The zero-order valence-electron chi connectivity index (χ0n) is 15.2. The Bertz CT molecular complexity index is 416. The first-order valence-corrected chi connectivity index (χ1v) is 8.51. The van der Waals surface area contributed by atoms with Crippen LogP contribution in [-0.2, 0) is 9.53 Å². The van der Waals surface area contributed by atoms with Crippen molar-refractivity contribution in [1.29, 1.82) is 0 Å². The summed E-state index contributed by atoms with van der Waals surface area (Å²) in [6.45, 7) is 10.4. The van der Waals surface area contributed by atoms with E-state index in [0.717, 1.165) is 25.7 Å². The molecule has 2 unspecified atom stereocenters.